The molecule has 0 fully saturated rings. The minimum Gasteiger partial charge on any atom is -0.493 e. The third kappa shape index (κ3) is 1.82. The summed E-state index contributed by atoms with van der Waals surface area (Å²) in [5.41, 5.74) is 1.76. The predicted octanol–water partition coefficient (Wildman–Crippen LogP) is 3.01. The summed E-state index contributed by atoms with van der Waals surface area (Å²) in [5.74, 6) is 2.07. The third-order valence-electron chi connectivity index (χ3n) is 3.19. The van der Waals surface area contributed by atoms with Gasteiger partial charge in [0, 0.05) is 18.4 Å². The number of carbonyl (C=O) groups is 1. The highest BCUT2D eigenvalue weighted by atomic mass is 16.5. The highest BCUT2D eigenvalue weighted by Crippen LogP contribution is 2.27. The molecule has 0 spiro atoms. The maximum atomic E-state index is 12.2. The zero-order valence-corrected chi connectivity index (χ0v) is 10.2. The van der Waals surface area contributed by atoms with Crippen molar-refractivity contribution < 1.29 is 13.9 Å². The summed E-state index contributed by atoms with van der Waals surface area (Å²) in [7, 11) is 0. The van der Waals surface area contributed by atoms with E-state index in [0.717, 1.165) is 29.9 Å². The van der Waals surface area contributed by atoms with Crippen LogP contribution in [0.4, 0.5) is 0 Å². The van der Waals surface area contributed by atoms with Crippen LogP contribution in [0, 0.1) is 0 Å². The number of fused-ring (bicyclic) bond motifs is 1. The van der Waals surface area contributed by atoms with Gasteiger partial charge in [0.2, 0.25) is 5.78 Å². The molecule has 3 rings (SSSR count). The fourth-order valence-electron chi connectivity index (χ4n) is 2.16. The Bertz CT molecular complexity index is 596. The number of carbonyl (C=O) groups excluding carboxylic acids is 1. The van der Waals surface area contributed by atoms with Gasteiger partial charge in [-0.1, -0.05) is 6.92 Å². The number of ether oxygens (including phenoxy) is 1. The maximum absolute atomic E-state index is 12.2. The van der Waals surface area contributed by atoms with E-state index >= 15 is 0 Å². The van der Waals surface area contributed by atoms with E-state index < -0.39 is 0 Å². The average molecular weight is 242 g/mol. The normalized spacial score (nSPS) is 13.2. The molecule has 0 saturated carbocycles. The Hall–Kier alpha value is -2.03. The summed E-state index contributed by atoms with van der Waals surface area (Å²) in [6, 6.07) is 9.15. The van der Waals surface area contributed by atoms with Crippen LogP contribution in [-0.2, 0) is 12.8 Å². The van der Waals surface area contributed by atoms with Crippen LogP contribution in [0.5, 0.6) is 5.75 Å². The van der Waals surface area contributed by atoms with E-state index in [0.29, 0.717) is 17.9 Å². The van der Waals surface area contributed by atoms with Gasteiger partial charge in [0.05, 0.1) is 6.61 Å². The number of aryl methyl sites for hydroxylation is 1. The molecular formula is C15H14O3. The fraction of sp³-hybridized carbons (Fsp3) is 0.267. The molecule has 0 amide bonds. The first-order valence-corrected chi connectivity index (χ1v) is 6.17. The van der Waals surface area contributed by atoms with Crippen LogP contribution in [0.3, 0.4) is 0 Å². The number of hydrogen-bond donors (Lipinski definition) is 0. The van der Waals surface area contributed by atoms with Crippen LogP contribution in [0.1, 0.15) is 34.4 Å². The molecule has 0 bridgehead atoms. The Morgan fingerprint density at radius 1 is 1.28 bits per heavy atom. The van der Waals surface area contributed by atoms with Crippen molar-refractivity contribution >= 4 is 5.78 Å². The van der Waals surface area contributed by atoms with Gasteiger partial charge in [0.25, 0.3) is 0 Å². The van der Waals surface area contributed by atoms with E-state index in [1.165, 1.54) is 0 Å². The number of hydrogen-bond acceptors (Lipinski definition) is 3. The smallest absolute Gasteiger partial charge is 0.228 e. The molecule has 3 nitrogen and oxygen atoms in total. The molecule has 1 aromatic carbocycles. The highest BCUT2D eigenvalue weighted by Gasteiger charge is 2.18. The minimum absolute atomic E-state index is 0.0654. The van der Waals surface area contributed by atoms with Gasteiger partial charge < -0.3 is 9.15 Å². The Balaban J connectivity index is 1.92. The van der Waals surface area contributed by atoms with Crippen molar-refractivity contribution in [1.82, 2.24) is 0 Å². The highest BCUT2D eigenvalue weighted by molar-refractivity contribution is 6.07. The van der Waals surface area contributed by atoms with Gasteiger partial charge in [-0.3, -0.25) is 4.79 Å². The van der Waals surface area contributed by atoms with Gasteiger partial charge in [-0.05, 0) is 35.9 Å². The third-order valence-corrected chi connectivity index (χ3v) is 3.19. The Morgan fingerprint density at radius 3 is 2.94 bits per heavy atom. The van der Waals surface area contributed by atoms with Gasteiger partial charge in [0.15, 0.2) is 5.76 Å². The second-order valence-corrected chi connectivity index (χ2v) is 4.37. The van der Waals surface area contributed by atoms with Crippen LogP contribution in [0.2, 0.25) is 0 Å². The van der Waals surface area contributed by atoms with Gasteiger partial charge in [0.1, 0.15) is 11.5 Å². The number of furan rings is 1. The van der Waals surface area contributed by atoms with Crippen LogP contribution in [-0.4, -0.2) is 12.4 Å². The number of ketones is 1. The largest absolute Gasteiger partial charge is 0.493 e. The summed E-state index contributed by atoms with van der Waals surface area (Å²) in [4.78, 5) is 12.2. The van der Waals surface area contributed by atoms with Gasteiger partial charge >= 0.3 is 0 Å². The van der Waals surface area contributed by atoms with E-state index in [9.17, 15) is 4.79 Å². The zero-order chi connectivity index (χ0) is 12.5. The van der Waals surface area contributed by atoms with Gasteiger partial charge in [-0.2, -0.15) is 0 Å². The van der Waals surface area contributed by atoms with Crippen LogP contribution < -0.4 is 4.74 Å². The zero-order valence-electron chi connectivity index (χ0n) is 10.2. The molecule has 0 aliphatic carbocycles. The van der Waals surface area contributed by atoms with Gasteiger partial charge in [-0.15, -0.1) is 0 Å². The van der Waals surface area contributed by atoms with E-state index in [1.807, 2.05) is 25.1 Å². The second-order valence-electron chi connectivity index (χ2n) is 4.37. The first-order chi connectivity index (χ1) is 8.78. The molecular weight excluding hydrogens is 228 g/mol. The second kappa shape index (κ2) is 4.33. The molecule has 0 radical (unpaired) electrons. The van der Waals surface area contributed by atoms with Crippen LogP contribution >= 0.6 is 0 Å². The van der Waals surface area contributed by atoms with E-state index in [2.05, 4.69) is 0 Å². The average Bonchev–Trinajstić information content (AvgIpc) is 3.05. The molecule has 0 saturated heterocycles. The van der Waals surface area contributed by atoms with Crippen molar-refractivity contribution in [3.8, 4) is 5.75 Å². The lowest BCUT2D eigenvalue weighted by Gasteiger charge is -2.01. The Labute approximate surface area is 105 Å². The van der Waals surface area contributed by atoms with E-state index in [-0.39, 0.29) is 5.78 Å². The quantitative estimate of drug-likeness (QED) is 0.777. The molecule has 1 aromatic heterocycles. The summed E-state index contributed by atoms with van der Waals surface area (Å²) < 4.78 is 10.9. The first-order valence-electron chi connectivity index (χ1n) is 6.17. The lowest BCUT2D eigenvalue weighted by atomic mass is 10.0. The molecule has 2 aromatic rings. The van der Waals surface area contributed by atoms with Crippen molar-refractivity contribution in [2.24, 2.45) is 0 Å². The molecule has 0 atom stereocenters. The van der Waals surface area contributed by atoms with Gasteiger partial charge in [-0.25, -0.2) is 0 Å². The van der Waals surface area contributed by atoms with E-state index in [1.54, 1.807) is 12.1 Å². The molecule has 0 N–H and O–H groups in total. The van der Waals surface area contributed by atoms with E-state index in [4.69, 9.17) is 9.15 Å². The first kappa shape index (κ1) is 11.1. The molecule has 1 aliphatic rings. The summed E-state index contributed by atoms with van der Waals surface area (Å²) in [6.07, 6.45) is 1.67. The maximum Gasteiger partial charge on any atom is 0.228 e. The SMILES string of the molecule is CCc1ccc(C(=O)c2ccc3c(c2)CCO3)o1. The standard InChI is InChI=1S/C15H14O3/c1-2-12-4-6-14(18-12)15(16)11-3-5-13-10(9-11)7-8-17-13/h3-6,9H,2,7-8H2,1H3. The predicted molar refractivity (Wildman–Crippen MR) is 67.2 cm³/mol. The van der Waals surface area contributed by atoms with Crippen molar-refractivity contribution in [3.05, 3.63) is 53.0 Å². The molecule has 0 unspecified atom stereocenters. The molecule has 3 heteroatoms. The molecule has 1 aliphatic heterocycles. The molecule has 92 valence electrons. The van der Waals surface area contributed by atoms with Crippen molar-refractivity contribution in [2.45, 2.75) is 19.8 Å². The lowest BCUT2D eigenvalue weighted by Crippen LogP contribution is -2.00. The monoisotopic (exact) mass is 242 g/mol. The summed E-state index contributed by atoms with van der Waals surface area (Å²) >= 11 is 0. The Morgan fingerprint density at radius 2 is 2.17 bits per heavy atom. The Kier molecular flexibility index (Phi) is 2.67. The van der Waals surface area contributed by atoms with Crippen LogP contribution in [0.15, 0.2) is 34.7 Å². The minimum atomic E-state index is -0.0654. The van der Waals surface area contributed by atoms with Crippen LogP contribution in [0.25, 0.3) is 0 Å². The lowest BCUT2D eigenvalue weighted by molar-refractivity contribution is 0.101. The van der Waals surface area contributed by atoms with Crippen molar-refractivity contribution in [1.29, 1.82) is 0 Å². The topological polar surface area (TPSA) is 39.4 Å². The number of rotatable bonds is 3. The molecule has 18 heavy (non-hydrogen) atoms. The fourth-order valence-corrected chi connectivity index (χ4v) is 2.16. The molecule has 2 heterocycles. The summed E-state index contributed by atoms with van der Waals surface area (Å²) in [6.45, 7) is 2.70. The van der Waals surface area contributed by atoms with Crippen molar-refractivity contribution in [2.75, 3.05) is 6.61 Å². The summed E-state index contributed by atoms with van der Waals surface area (Å²) in [5, 5.41) is 0. The number of benzene rings is 1. The van der Waals surface area contributed by atoms with Crippen molar-refractivity contribution in [3.63, 3.8) is 0 Å².